The zero-order valence-corrected chi connectivity index (χ0v) is 14.8. The van der Waals surface area contributed by atoms with Gasteiger partial charge in [0, 0.05) is 61.1 Å². The quantitative estimate of drug-likeness (QED) is 0.827. The Labute approximate surface area is 144 Å². The molecular formula is C17H20BrN5. The number of fused-ring (bicyclic) bond motifs is 1. The minimum absolute atomic E-state index is 0.676. The van der Waals surface area contributed by atoms with Crippen LogP contribution < -0.4 is 9.80 Å². The minimum atomic E-state index is 0.676. The van der Waals surface area contributed by atoms with E-state index in [9.17, 15) is 0 Å². The van der Waals surface area contributed by atoms with Gasteiger partial charge in [0.2, 0.25) is 5.95 Å². The topological polar surface area (TPSA) is 45.2 Å². The lowest BCUT2D eigenvalue weighted by molar-refractivity contribution is 0.533. The van der Waals surface area contributed by atoms with Crippen LogP contribution in [0.5, 0.6) is 0 Å². The molecule has 2 aliphatic heterocycles. The molecule has 0 aliphatic carbocycles. The lowest BCUT2D eigenvalue weighted by Crippen LogP contribution is -2.30. The van der Waals surface area contributed by atoms with Crippen LogP contribution in [-0.4, -0.2) is 41.1 Å². The van der Waals surface area contributed by atoms with Crippen LogP contribution in [0.4, 0.5) is 11.8 Å². The summed E-state index contributed by atoms with van der Waals surface area (Å²) in [4.78, 5) is 18.3. The Morgan fingerprint density at radius 1 is 0.957 bits per heavy atom. The highest BCUT2D eigenvalue weighted by molar-refractivity contribution is 9.10. The van der Waals surface area contributed by atoms with Gasteiger partial charge in [0.1, 0.15) is 5.82 Å². The first kappa shape index (κ1) is 14.9. The average Bonchev–Trinajstić information content (AvgIpc) is 3.14. The van der Waals surface area contributed by atoms with E-state index in [1.54, 1.807) is 0 Å². The number of hydrogen-bond acceptors (Lipinski definition) is 5. The third kappa shape index (κ3) is 2.92. The molecular weight excluding hydrogens is 354 g/mol. The highest BCUT2D eigenvalue weighted by Crippen LogP contribution is 2.34. The number of aryl methyl sites for hydroxylation is 1. The smallest absolute Gasteiger partial charge is 0.225 e. The fraction of sp³-hybridized carbons (Fsp3) is 0.471. The molecule has 0 N–H and O–H groups in total. The van der Waals surface area contributed by atoms with Crippen LogP contribution in [-0.2, 0) is 6.42 Å². The normalized spacial score (nSPS) is 23.4. The van der Waals surface area contributed by atoms with Crippen molar-refractivity contribution in [3.8, 4) is 0 Å². The second kappa shape index (κ2) is 6.07. The highest BCUT2D eigenvalue weighted by atomic mass is 79.9. The predicted octanol–water partition coefficient (Wildman–Crippen LogP) is 2.77. The second-order valence-corrected chi connectivity index (χ2v) is 7.33. The van der Waals surface area contributed by atoms with Crippen molar-refractivity contribution >= 4 is 27.7 Å². The third-order valence-corrected chi connectivity index (χ3v) is 5.37. The Hall–Kier alpha value is -1.69. The molecule has 0 spiro atoms. The molecule has 2 atom stereocenters. The van der Waals surface area contributed by atoms with Crippen molar-refractivity contribution < 1.29 is 0 Å². The second-order valence-electron chi connectivity index (χ2n) is 6.41. The van der Waals surface area contributed by atoms with Gasteiger partial charge in [-0.25, -0.2) is 15.0 Å². The Balaban J connectivity index is 1.42. The van der Waals surface area contributed by atoms with Crippen molar-refractivity contribution in [3.05, 3.63) is 40.8 Å². The molecule has 0 aromatic carbocycles. The maximum atomic E-state index is 4.53. The Morgan fingerprint density at radius 3 is 2.17 bits per heavy atom. The van der Waals surface area contributed by atoms with Crippen LogP contribution in [0.1, 0.15) is 12.5 Å². The summed E-state index contributed by atoms with van der Waals surface area (Å²) in [5, 5.41) is 0. The number of rotatable bonds is 3. The summed E-state index contributed by atoms with van der Waals surface area (Å²) in [7, 11) is 0. The molecule has 0 radical (unpaired) electrons. The molecule has 120 valence electrons. The zero-order valence-electron chi connectivity index (χ0n) is 13.2. The third-order valence-electron chi connectivity index (χ3n) is 4.90. The van der Waals surface area contributed by atoms with Gasteiger partial charge in [-0.2, -0.15) is 0 Å². The Morgan fingerprint density at radius 2 is 1.61 bits per heavy atom. The summed E-state index contributed by atoms with van der Waals surface area (Å²) in [5.41, 5.74) is 1.20. The van der Waals surface area contributed by atoms with Gasteiger partial charge < -0.3 is 9.80 Å². The van der Waals surface area contributed by atoms with Gasteiger partial charge in [0.05, 0.1) is 0 Å². The van der Waals surface area contributed by atoms with Crippen molar-refractivity contribution in [2.24, 2.45) is 11.8 Å². The number of aromatic nitrogens is 3. The van der Waals surface area contributed by atoms with Crippen LogP contribution in [0.3, 0.4) is 0 Å². The number of halogens is 1. The molecule has 2 unspecified atom stereocenters. The van der Waals surface area contributed by atoms with Crippen molar-refractivity contribution in [2.75, 3.05) is 36.0 Å². The standard InChI is InChI=1S/C17H20BrN5/c1-2-12-5-20-17(21-6-12)23-10-13-8-22(9-14(13)11-23)16-4-3-15(18)7-19-16/h3-7,13-14H,2,8-11H2,1H3. The lowest BCUT2D eigenvalue weighted by Gasteiger charge is -2.22. The van der Waals surface area contributed by atoms with Crippen molar-refractivity contribution in [3.63, 3.8) is 0 Å². The van der Waals surface area contributed by atoms with Crippen LogP contribution in [0.25, 0.3) is 0 Å². The Kier molecular flexibility index (Phi) is 3.93. The highest BCUT2D eigenvalue weighted by Gasteiger charge is 2.41. The number of pyridine rings is 1. The van der Waals surface area contributed by atoms with Crippen molar-refractivity contribution in [1.29, 1.82) is 0 Å². The fourth-order valence-electron chi connectivity index (χ4n) is 3.59. The van der Waals surface area contributed by atoms with Gasteiger partial charge in [0.25, 0.3) is 0 Å². The average molecular weight is 374 g/mol. The molecule has 5 nitrogen and oxygen atoms in total. The monoisotopic (exact) mass is 373 g/mol. The molecule has 2 fully saturated rings. The first-order valence-corrected chi connectivity index (χ1v) is 8.94. The maximum Gasteiger partial charge on any atom is 0.225 e. The van der Waals surface area contributed by atoms with Gasteiger partial charge in [-0.1, -0.05) is 6.92 Å². The lowest BCUT2D eigenvalue weighted by atomic mass is 10.0. The van der Waals surface area contributed by atoms with Crippen LogP contribution in [0.15, 0.2) is 35.2 Å². The van der Waals surface area contributed by atoms with Crippen molar-refractivity contribution in [1.82, 2.24) is 15.0 Å². The van der Waals surface area contributed by atoms with E-state index in [-0.39, 0.29) is 0 Å². The fourth-order valence-corrected chi connectivity index (χ4v) is 3.83. The summed E-state index contributed by atoms with van der Waals surface area (Å²) in [5.74, 6) is 3.31. The van der Waals surface area contributed by atoms with Gasteiger partial charge >= 0.3 is 0 Å². The van der Waals surface area contributed by atoms with Gasteiger partial charge in [-0.05, 0) is 40.0 Å². The summed E-state index contributed by atoms with van der Waals surface area (Å²) >= 11 is 3.44. The molecule has 0 bridgehead atoms. The largest absolute Gasteiger partial charge is 0.356 e. The first-order valence-electron chi connectivity index (χ1n) is 8.15. The van der Waals surface area contributed by atoms with Crippen molar-refractivity contribution in [2.45, 2.75) is 13.3 Å². The summed E-state index contributed by atoms with van der Waals surface area (Å²) in [6, 6.07) is 4.15. The van der Waals surface area contributed by atoms with E-state index in [1.807, 2.05) is 18.6 Å². The maximum absolute atomic E-state index is 4.53. The minimum Gasteiger partial charge on any atom is -0.356 e. The van der Waals surface area contributed by atoms with E-state index in [4.69, 9.17) is 0 Å². The molecule has 6 heteroatoms. The summed E-state index contributed by atoms with van der Waals surface area (Å²) in [6.45, 7) is 6.36. The molecule has 4 rings (SSSR count). The number of hydrogen-bond donors (Lipinski definition) is 0. The Bertz CT molecular complexity index is 658. The molecule has 2 aromatic rings. The molecule has 4 heterocycles. The van der Waals surface area contributed by atoms with E-state index in [0.29, 0.717) is 11.8 Å². The van der Waals surface area contributed by atoms with E-state index >= 15 is 0 Å². The van der Waals surface area contributed by atoms with Crippen LogP contribution in [0.2, 0.25) is 0 Å². The molecule has 2 aromatic heterocycles. The molecule has 23 heavy (non-hydrogen) atoms. The van der Waals surface area contributed by atoms with Gasteiger partial charge in [0.15, 0.2) is 0 Å². The molecule has 2 saturated heterocycles. The van der Waals surface area contributed by atoms with Gasteiger partial charge in [-0.15, -0.1) is 0 Å². The predicted molar refractivity (Wildman–Crippen MR) is 94.8 cm³/mol. The van der Waals surface area contributed by atoms with E-state index in [2.05, 4.69) is 59.7 Å². The number of nitrogens with zero attached hydrogens (tertiary/aromatic N) is 5. The molecule has 2 aliphatic rings. The van der Waals surface area contributed by atoms with Crippen LogP contribution in [0, 0.1) is 11.8 Å². The van der Waals surface area contributed by atoms with Crippen LogP contribution >= 0.6 is 15.9 Å². The van der Waals surface area contributed by atoms with E-state index < -0.39 is 0 Å². The van der Waals surface area contributed by atoms with Gasteiger partial charge in [-0.3, -0.25) is 0 Å². The molecule has 0 amide bonds. The van der Waals surface area contributed by atoms with E-state index in [1.165, 1.54) is 5.56 Å². The molecule has 0 saturated carbocycles. The first-order chi connectivity index (χ1) is 11.2. The summed E-state index contributed by atoms with van der Waals surface area (Å²) < 4.78 is 1.03. The number of anilines is 2. The van der Waals surface area contributed by atoms with E-state index in [0.717, 1.165) is 48.8 Å². The summed E-state index contributed by atoms with van der Waals surface area (Å²) in [6.07, 6.45) is 6.77. The zero-order chi connectivity index (χ0) is 15.8. The SMILES string of the molecule is CCc1cnc(N2CC3CN(c4ccc(Br)cn4)CC3C2)nc1.